The average Bonchev–Trinajstić information content (AvgIpc) is 2.27. The average molecular weight is 307 g/mol. The van der Waals surface area contributed by atoms with E-state index >= 15 is 0 Å². The number of nitrogens with one attached hydrogen (secondary N) is 1. The van der Waals surface area contributed by atoms with E-state index in [4.69, 9.17) is 5.73 Å². The third-order valence-corrected chi connectivity index (χ3v) is 4.42. The fourth-order valence-electron chi connectivity index (χ4n) is 1.29. The highest BCUT2D eigenvalue weighted by Crippen LogP contribution is 2.25. The van der Waals surface area contributed by atoms with Gasteiger partial charge < -0.3 is 5.73 Å². The Morgan fingerprint density at radius 1 is 1.47 bits per heavy atom. The minimum Gasteiger partial charge on any atom is -0.399 e. The number of nitrogens with zero attached hydrogens (tertiary/aromatic N) is 1. The first-order chi connectivity index (χ1) is 8.74. The Labute approximate surface area is 112 Å². The molecule has 10 heteroatoms. The quantitative estimate of drug-likeness (QED) is 0.426. The monoisotopic (exact) mass is 307 g/mol. The van der Waals surface area contributed by atoms with Gasteiger partial charge in [-0.15, -0.1) is 0 Å². The molecule has 1 rings (SSSR count). The van der Waals surface area contributed by atoms with Crippen molar-refractivity contribution in [1.29, 1.82) is 0 Å². The van der Waals surface area contributed by atoms with Gasteiger partial charge >= 0.3 is 0 Å². The lowest BCUT2D eigenvalue weighted by atomic mass is 10.3. The third-order valence-electron chi connectivity index (χ3n) is 2.15. The van der Waals surface area contributed by atoms with Crippen LogP contribution in [0.4, 0.5) is 11.4 Å². The molecule has 0 bridgehead atoms. The van der Waals surface area contributed by atoms with Gasteiger partial charge in [-0.05, 0) is 12.1 Å². The van der Waals surface area contributed by atoms with Crippen molar-refractivity contribution in [3.63, 3.8) is 0 Å². The SMILES string of the molecule is CS(=O)CCNS(=O)(=O)c1cc(N)ccc1[N+](=O)[O-]. The van der Waals surface area contributed by atoms with E-state index < -0.39 is 36.3 Å². The van der Waals surface area contributed by atoms with Gasteiger partial charge in [0.05, 0.1) is 4.92 Å². The Hall–Kier alpha value is -1.52. The van der Waals surface area contributed by atoms with Crippen LogP contribution in [0.25, 0.3) is 0 Å². The van der Waals surface area contributed by atoms with Gasteiger partial charge in [-0.2, -0.15) is 0 Å². The number of sulfonamides is 1. The van der Waals surface area contributed by atoms with Crippen LogP contribution in [0.3, 0.4) is 0 Å². The smallest absolute Gasteiger partial charge is 0.289 e. The minimum atomic E-state index is -4.06. The van der Waals surface area contributed by atoms with Crippen LogP contribution in [-0.4, -0.2) is 36.1 Å². The lowest BCUT2D eigenvalue weighted by Crippen LogP contribution is -2.28. The molecule has 19 heavy (non-hydrogen) atoms. The Balaban J connectivity index is 3.09. The van der Waals surface area contributed by atoms with Gasteiger partial charge in [-0.25, -0.2) is 13.1 Å². The number of nitrogens with two attached hydrogens (primary N) is 1. The van der Waals surface area contributed by atoms with E-state index in [0.29, 0.717) is 0 Å². The van der Waals surface area contributed by atoms with Gasteiger partial charge in [0.25, 0.3) is 5.69 Å². The Morgan fingerprint density at radius 2 is 2.11 bits per heavy atom. The van der Waals surface area contributed by atoms with E-state index in [0.717, 1.165) is 12.1 Å². The number of nitro groups is 1. The number of nitro benzene ring substituents is 1. The number of benzene rings is 1. The highest BCUT2D eigenvalue weighted by atomic mass is 32.2. The van der Waals surface area contributed by atoms with Crippen molar-refractivity contribution in [1.82, 2.24) is 4.72 Å². The molecular weight excluding hydrogens is 294 g/mol. The molecule has 0 aliphatic rings. The molecule has 3 N–H and O–H groups in total. The fraction of sp³-hybridized carbons (Fsp3) is 0.333. The van der Waals surface area contributed by atoms with Gasteiger partial charge in [0.15, 0.2) is 4.90 Å². The summed E-state index contributed by atoms with van der Waals surface area (Å²) >= 11 is 0. The molecule has 0 spiro atoms. The van der Waals surface area contributed by atoms with Gasteiger partial charge in [0, 0.05) is 41.1 Å². The molecule has 1 aromatic rings. The minimum absolute atomic E-state index is 0.0720. The van der Waals surface area contributed by atoms with Gasteiger partial charge in [-0.3, -0.25) is 14.3 Å². The Bertz CT molecular complexity index is 614. The maximum absolute atomic E-state index is 11.9. The van der Waals surface area contributed by atoms with Gasteiger partial charge in [-0.1, -0.05) is 0 Å². The van der Waals surface area contributed by atoms with Crippen LogP contribution in [0.1, 0.15) is 0 Å². The second-order valence-electron chi connectivity index (χ2n) is 3.66. The summed E-state index contributed by atoms with van der Waals surface area (Å²) in [4.78, 5) is 9.49. The molecule has 0 aliphatic carbocycles. The molecule has 8 nitrogen and oxygen atoms in total. The van der Waals surface area contributed by atoms with E-state index in [-0.39, 0.29) is 18.0 Å². The lowest BCUT2D eigenvalue weighted by molar-refractivity contribution is -0.387. The van der Waals surface area contributed by atoms with Crippen molar-refractivity contribution in [2.75, 3.05) is 24.3 Å². The molecule has 0 aliphatic heterocycles. The second kappa shape index (κ2) is 6.08. The van der Waals surface area contributed by atoms with Crippen molar-refractivity contribution in [3.8, 4) is 0 Å². The first-order valence-electron chi connectivity index (χ1n) is 5.07. The number of hydrogen-bond donors (Lipinski definition) is 2. The summed E-state index contributed by atoms with van der Waals surface area (Å²) in [6, 6.07) is 3.30. The van der Waals surface area contributed by atoms with Crippen LogP contribution in [-0.2, 0) is 20.8 Å². The largest absolute Gasteiger partial charge is 0.399 e. The second-order valence-corrected chi connectivity index (χ2v) is 6.95. The fourth-order valence-corrected chi connectivity index (χ4v) is 3.05. The summed E-state index contributed by atoms with van der Waals surface area (Å²) in [6.45, 7) is -0.0720. The molecule has 0 amide bonds. The standard InChI is InChI=1S/C9H13N3O5S2/c1-18(15)5-4-11-19(16,17)9-6-7(10)2-3-8(9)12(13)14/h2-3,6,11H,4-5,10H2,1H3. The predicted octanol–water partition coefficient (Wildman–Crippen LogP) is -0.166. The molecule has 0 heterocycles. The number of rotatable bonds is 6. The molecular formula is C9H13N3O5S2. The van der Waals surface area contributed by atoms with E-state index in [1.165, 1.54) is 12.3 Å². The lowest BCUT2D eigenvalue weighted by Gasteiger charge is -2.07. The molecule has 1 unspecified atom stereocenters. The van der Waals surface area contributed by atoms with Crippen LogP contribution >= 0.6 is 0 Å². The van der Waals surface area contributed by atoms with Crippen LogP contribution in [0, 0.1) is 10.1 Å². The van der Waals surface area contributed by atoms with Crippen LogP contribution in [0.2, 0.25) is 0 Å². The van der Waals surface area contributed by atoms with Crippen molar-refractivity contribution >= 4 is 32.2 Å². The first kappa shape index (κ1) is 15.5. The molecule has 0 saturated carbocycles. The summed E-state index contributed by atoms with van der Waals surface area (Å²) in [5, 5.41) is 10.8. The first-order valence-corrected chi connectivity index (χ1v) is 8.28. The molecule has 1 aromatic carbocycles. The zero-order chi connectivity index (χ0) is 14.6. The summed E-state index contributed by atoms with van der Waals surface area (Å²) in [5.74, 6) is 0.120. The maximum atomic E-state index is 11.9. The van der Waals surface area contributed by atoms with Gasteiger partial charge in [0.1, 0.15) is 0 Å². The Kier molecular flexibility index (Phi) is 4.97. The van der Waals surface area contributed by atoms with Crippen LogP contribution in [0.5, 0.6) is 0 Å². The van der Waals surface area contributed by atoms with E-state index in [9.17, 15) is 22.7 Å². The van der Waals surface area contributed by atoms with Crippen molar-refractivity contribution < 1.29 is 17.6 Å². The van der Waals surface area contributed by atoms with Crippen LogP contribution in [0.15, 0.2) is 23.1 Å². The van der Waals surface area contributed by atoms with E-state index in [2.05, 4.69) is 4.72 Å². The summed E-state index contributed by atoms with van der Waals surface area (Å²) in [6.07, 6.45) is 1.43. The number of nitrogen functional groups attached to an aromatic ring is 1. The molecule has 0 aromatic heterocycles. The predicted molar refractivity (Wildman–Crippen MR) is 71.6 cm³/mol. The zero-order valence-electron chi connectivity index (χ0n) is 10.0. The van der Waals surface area contributed by atoms with Crippen molar-refractivity contribution in [2.24, 2.45) is 0 Å². The van der Waals surface area contributed by atoms with E-state index in [1.807, 2.05) is 0 Å². The van der Waals surface area contributed by atoms with Crippen molar-refractivity contribution in [2.45, 2.75) is 4.90 Å². The Morgan fingerprint density at radius 3 is 2.63 bits per heavy atom. The number of anilines is 1. The third kappa shape index (κ3) is 4.26. The molecule has 1 atom stereocenters. The maximum Gasteiger partial charge on any atom is 0.289 e. The normalized spacial score (nSPS) is 13.1. The topological polar surface area (TPSA) is 132 Å². The van der Waals surface area contributed by atoms with Crippen molar-refractivity contribution in [3.05, 3.63) is 28.3 Å². The van der Waals surface area contributed by atoms with Crippen LogP contribution < -0.4 is 10.5 Å². The number of hydrogen-bond acceptors (Lipinski definition) is 6. The highest BCUT2D eigenvalue weighted by molar-refractivity contribution is 7.89. The summed E-state index contributed by atoms with van der Waals surface area (Å²) in [5.41, 5.74) is 4.98. The van der Waals surface area contributed by atoms with Gasteiger partial charge in [0.2, 0.25) is 10.0 Å². The zero-order valence-corrected chi connectivity index (χ0v) is 11.7. The summed E-state index contributed by atoms with van der Waals surface area (Å²) < 4.78 is 36.8. The highest BCUT2D eigenvalue weighted by Gasteiger charge is 2.25. The summed E-state index contributed by atoms with van der Waals surface area (Å²) in [7, 11) is -5.22. The molecule has 106 valence electrons. The molecule has 0 radical (unpaired) electrons. The van der Waals surface area contributed by atoms with E-state index in [1.54, 1.807) is 0 Å². The molecule has 0 saturated heterocycles. The molecule has 0 fully saturated rings.